The molecule has 0 heterocycles. The maximum Gasteiger partial charge on any atom is -0.0295 e. The van der Waals surface area contributed by atoms with E-state index >= 15 is 0 Å². The molecule has 0 aromatic carbocycles. The quantitative estimate of drug-likeness (QED) is 0.527. The van der Waals surface area contributed by atoms with E-state index < -0.39 is 0 Å². The fraction of sp³-hybridized carbons (Fsp3) is 1.00. The second-order valence-electron chi connectivity index (χ2n) is 8.94. The molecule has 0 heteroatoms. The van der Waals surface area contributed by atoms with Crippen molar-refractivity contribution in [2.24, 2.45) is 40.9 Å². The number of hydrogen-bond donors (Lipinski definition) is 0. The topological polar surface area (TPSA) is 0 Å². The van der Waals surface area contributed by atoms with Crippen LogP contribution in [-0.2, 0) is 0 Å². The van der Waals surface area contributed by atoms with Crippen molar-refractivity contribution in [3.8, 4) is 0 Å². The molecular formula is C19H32. The van der Waals surface area contributed by atoms with Crippen molar-refractivity contribution in [2.45, 2.75) is 78.1 Å². The van der Waals surface area contributed by atoms with Crippen LogP contribution in [0.1, 0.15) is 78.1 Å². The molecule has 0 N–H and O–H groups in total. The van der Waals surface area contributed by atoms with Gasteiger partial charge < -0.3 is 0 Å². The summed E-state index contributed by atoms with van der Waals surface area (Å²) in [6, 6.07) is 0. The summed E-state index contributed by atoms with van der Waals surface area (Å²) < 4.78 is 0. The number of hydrogen-bond acceptors (Lipinski definition) is 0. The van der Waals surface area contributed by atoms with Gasteiger partial charge in [0, 0.05) is 0 Å². The van der Waals surface area contributed by atoms with Crippen molar-refractivity contribution >= 4 is 0 Å². The summed E-state index contributed by atoms with van der Waals surface area (Å²) in [4.78, 5) is 0. The monoisotopic (exact) mass is 260 g/mol. The van der Waals surface area contributed by atoms with Crippen molar-refractivity contribution in [3.63, 3.8) is 0 Å². The molecule has 0 aromatic rings. The van der Waals surface area contributed by atoms with Crippen LogP contribution in [0, 0.1) is 40.9 Å². The Morgan fingerprint density at radius 3 is 2.53 bits per heavy atom. The molecule has 108 valence electrons. The average Bonchev–Trinajstić information content (AvgIpc) is 2.79. The van der Waals surface area contributed by atoms with E-state index in [4.69, 9.17) is 0 Å². The van der Waals surface area contributed by atoms with Crippen molar-refractivity contribution in [3.05, 3.63) is 0 Å². The third-order valence-electron chi connectivity index (χ3n) is 8.00. The molecule has 5 unspecified atom stereocenters. The summed E-state index contributed by atoms with van der Waals surface area (Å²) in [5, 5.41) is 0. The molecule has 4 rings (SSSR count). The molecule has 4 aliphatic carbocycles. The second-order valence-corrected chi connectivity index (χ2v) is 8.94. The molecule has 0 nitrogen and oxygen atoms in total. The zero-order chi connectivity index (χ0) is 13.0. The predicted molar refractivity (Wildman–Crippen MR) is 80.9 cm³/mol. The van der Waals surface area contributed by atoms with Gasteiger partial charge >= 0.3 is 0 Å². The molecule has 7 atom stereocenters. The highest BCUT2D eigenvalue weighted by Crippen LogP contribution is 2.62. The smallest absolute Gasteiger partial charge is 0.0295 e. The molecule has 19 heavy (non-hydrogen) atoms. The third-order valence-corrected chi connectivity index (χ3v) is 8.00. The average molecular weight is 260 g/mol. The van der Waals surface area contributed by atoms with E-state index in [-0.39, 0.29) is 0 Å². The Morgan fingerprint density at radius 1 is 0.789 bits per heavy atom. The summed E-state index contributed by atoms with van der Waals surface area (Å²) in [6.45, 7) is 5.13. The zero-order valence-electron chi connectivity index (χ0n) is 13.0. The first-order chi connectivity index (χ1) is 9.17. The summed E-state index contributed by atoms with van der Waals surface area (Å²) >= 11 is 0. The number of fused-ring (bicyclic) bond motifs is 5. The Bertz CT molecular complexity index is 346. The van der Waals surface area contributed by atoms with Crippen LogP contribution in [-0.4, -0.2) is 0 Å². The minimum atomic E-state index is 0.760. The van der Waals surface area contributed by atoms with Gasteiger partial charge in [-0.05, 0) is 92.3 Å². The van der Waals surface area contributed by atoms with Gasteiger partial charge in [0.1, 0.15) is 0 Å². The highest BCUT2D eigenvalue weighted by atomic mass is 14.6. The lowest BCUT2D eigenvalue weighted by Crippen LogP contribution is -2.47. The fourth-order valence-corrected chi connectivity index (χ4v) is 7.08. The molecular weight excluding hydrogens is 228 g/mol. The SMILES string of the molecule is C[C@H]1CC[C@H]2C(CCC3C2CCC2(C)CCCC32)C1. The van der Waals surface area contributed by atoms with Crippen LogP contribution in [0.5, 0.6) is 0 Å². The maximum absolute atomic E-state index is 2.63. The van der Waals surface area contributed by atoms with Gasteiger partial charge in [0.15, 0.2) is 0 Å². The maximum atomic E-state index is 2.63. The molecule has 0 aliphatic heterocycles. The molecule has 0 amide bonds. The predicted octanol–water partition coefficient (Wildman–Crippen LogP) is 5.67. The van der Waals surface area contributed by atoms with Gasteiger partial charge in [-0.25, -0.2) is 0 Å². The highest BCUT2D eigenvalue weighted by Gasteiger charge is 2.53. The van der Waals surface area contributed by atoms with E-state index in [0.29, 0.717) is 0 Å². The molecule has 0 aromatic heterocycles. The van der Waals surface area contributed by atoms with Crippen molar-refractivity contribution in [2.75, 3.05) is 0 Å². The molecule has 4 fully saturated rings. The van der Waals surface area contributed by atoms with Crippen molar-refractivity contribution in [1.29, 1.82) is 0 Å². The molecule has 0 spiro atoms. The van der Waals surface area contributed by atoms with Gasteiger partial charge in [-0.2, -0.15) is 0 Å². The Morgan fingerprint density at radius 2 is 1.63 bits per heavy atom. The van der Waals surface area contributed by atoms with E-state index in [1.165, 1.54) is 12.8 Å². The summed E-state index contributed by atoms with van der Waals surface area (Å²) in [5.74, 6) is 6.68. The molecule has 4 saturated carbocycles. The standard InChI is InChI=1S/C19H32/c1-13-5-7-15-14(12-13)6-8-17-16(15)9-11-19(2)10-3-4-18(17)19/h13-18H,3-12H2,1-2H3/t13-,14?,15-,16?,17?,18?,19?/m0/s1. The summed E-state index contributed by atoms with van der Waals surface area (Å²) in [6.07, 6.45) is 15.7. The van der Waals surface area contributed by atoms with Gasteiger partial charge in [-0.3, -0.25) is 0 Å². The normalized spacial score (nSPS) is 57.2. The first-order valence-electron chi connectivity index (χ1n) is 9.17. The lowest BCUT2D eigenvalue weighted by Gasteiger charge is -2.55. The van der Waals surface area contributed by atoms with Crippen LogP contribution in [0.25, 0.3) is 0 Å². The fourth-order valence-electron chi connectivity index (χ4n) is 7.08. The third kappa shape index (κ3) is 1.92. The summed E-state index contributed by atoms with van der Waals surface area (Å²) in [5.41, 5.74) is 0.760. The van der Waals surface area contributed by atoms with Crippen LogP contribution >= 0.6 is 0 Å². The summed E-state index contributed by atoms with van der Waals surface area (Å²) in [7, 11) is 0. The minimum absolute atomic E-state index is 0.760. The van der Waals surface area contributed by atoms with Gasteiger partial charge in [-0.15, -0.1) is 0 Å². The lowest BCUT2D eigenvalue weighted by molar-refractivity contribution is -0.0552. The van der Waals surface area contributed by atoms with Gasteiger partial charge in [0.05, 0.1) is 0 Å². The van der Waals surface area contributed by atoms with Gasteiger partial charge in [-0.1, -0.05) is 26.7 Å². The molecule has 0 saturated heterocycles. The van der Waals surface area contributed by atoms with Crippen LogP contribution in [0.15, 0.2) is 0 Å². The molecule has 0 radical (unpaired) electrons. The highest BCUT2D eigenvalue weighted by molar-refractivity contribution is 5.03. The van der Waals surface area contributed by atoms with Crippen LogP contribution in [0.4, 0.5) is 0 Å². The second kappa shape index (κ2) is 4.50. The van der Waals surface area contributed by atoms with E-state index in [1.807, 2.05) is 0 Å². The van der Waals surface area contributed by atoms with E-state index in [0.717, 1.165) is 40.9 Å². The minimum Gasteiger partial charge on any atom is -0.0625 e. The first kappa shape index (κ1) is 12.7. The molecule has 4 aliphatic rings. The Hall–Kier alpha value is 0. The Balaban J connectivity index is 1.56. The van der Waals surface area contributed by atoms with Crippen molar-refractivity contribution in [1.82, 2.24) is 0 Å². The van der Waals surface area contributed by atoms with Crippen molar-refractivity contribution < 1.29 is 0 Å². The Kier molecular flexibility index (Phi) is 3.01. The Labute approximate surface area is 119 Å². The van der Waals surface area contributed by atoms with E-state index in [9.17, 15) is 0 Å². The first-order valence-corrected chi connectivity index (χ1v) is 9.17. The van der Waals surface area contributed by atoms with Crippen LogP contribution < -0.4 is 0 Å². The van der Waals surface area contributed by atoms with Crippen LogP contribution in [0.3, 0.4) is 0 Å². The number of rotatable bonds is 0. The van der Waals surface area contributed by atoms with Crippen LogP contribution in [0.2, 0.25) is 0 Å². The largest absolute Gasteiger partial charge is 0.0625 e. The van der Waals surface area contributed by atoms with Gasteiger partial charge in [0.2, 0.25) is 0 Å². The lowest BCUT2D eigenvalue weighted by atomic mass is 9.50. The van der Waals surface area contributed by atoms with E-state index in [1.54, 1.807) is 51.4 Å². The van der Waals surface area contributed by atoms with E-state index in [2.05, 4.69) is 13.8 Å². The molecule has 0 bridgehead atoms. The zero-order valence-corrected chi connectivity index (χ0v) is 13.0. The van der Waals surface area contributed by atoms with Gasteiger partial charge in [0.25, 0.3) is 0 Å².